The average molecular weight is 295 g/mol. The zero-order valence-electron chi connectivity index (χ0n) is 12.9. The topological polar surface area (TPSA) is 30.5 Å². The molecule has 0 aromatic heterocycles. The number of ether oxygens (including phenoxy) is 2. The second-order valence-electron chi connectivity index (χ2n) is 5.93. The molecule has 1 N–H and O–H groups in total. The van der Waals surface area contributed by atoms with E-state index >= 15 is 0 Å². The molecule has 2 aromatic carbocycles. The highest BCUT2D eigenvalue weighted by molar-refractivity contribution is 5.52. The van der Waals surface area contributed by atoms with Crippen LogP contribution in [0.15, 0.2) is 36.4 Å². The lowest BCUT2D eigenvalue weighted by molar-refractivity contribution is 0.171. The van der Waals surface area contributed by atoms with Gasteiger partial charge >= 0.3 is 0 Å². The Balaban J connectivity index is 1.74. The molecule has 0 saturated heterocycles. The van der Waals surface area contributed by atoms with Gasteiger partial charge in [-0.05, 0) is 47.2 Å². The van der Waals surface area contributed by atoms with Crippen LogP contribution >= 0.6 is 0 Å². The molecule has 2 heterocycles. The van der Waals surface area contributed by atoms with Gasteiger partial charge in [-0.1, -0.05) is 31.2 Å². The van der Waals surface area contributed by atoms with E-state index in [1.165, 1.54) is 22.3 Å². The van der Waals surface area contributed by atoms with Gasteiger partial charge in [-0.25, -0.2) is 0 Å². The van der Waals surface area contributed by atoms with Gasteiger partial charge in [-0.2, -0.15) is 0 Å². The van der Waals surface area contributed by atoms with Crippen LogP contribution in [0.25, 0.3) is 0 Å². The summed E-state index contributed by atoms with van der Waals surface area (Å²) in [6, 6.07) is 13.5. The van der Waals surface area contributed by atoms with Gasteiger partial charge in [-0.15, -0.1) is 0 Å². The first-order valence-corrected chi connectivity index (χ1v) is 8.10. The van der Waals surface area contributed by atoms with E-state index in [1.54, 1.807) is 0 Å². The maximum Gasteiger partial charge on any atom is 0.161 e. The second-order valence-corrected chi connectivity index (χ2v) is 5.93. The van der Waals surface area contributed by atoms with Crippen LogP contribution in [-0.2, 0) is 12.8 Å². The first-order chi connectivity index (χ1) is 10.8. The van der Waals surface area contributed by atoms with Crippen molar-refractivity contribution in [1.29, 1.82) is 0 Å². The standard InChI is InChI=1S/C19H21NO2/c1-2-13-3-5-14(6-4-13)19-16-12-18-17(21-9-10-22-18)11-15(16)7-8-20-19/h3-6,11-12,19-20H,2,7-10H2,1H3/t19-/m1/s1. The molecule has 114 valence electrons. The van der Waals surface area contributed by atoms with Crippen LogP contribution in [0.3, 0.4) is 0 Å². The molecule has 0 bridgehead atoms. The fourth-order valence-electron chi connectivity index (χ4n) is 3.34. The molecule has 3 nitrogen and oxygen atoms in total. The molecule has 3 heteroatoms. The van der Waals surface area contributed by atoms with E-state index in [0.29, 0.717) is 13.2 Å². The van der Waals surface area contributed by atoms with Crippen LogP contribution in [-0.4, -0.2) is 19.8 Å². The Morgan fingerprint density at radius 3 is 2.50 bits per heavy atom. The molecule has 0 unspecified atom stereocenters. The summed E-state index contributed by atoms with van der Waals surface area (Å²) in [5.74, 6) is 1.77. The minimum atomic E-state index is 0.241. The molecule has 2 aromatic rings. The zero-order chi connectivity index (χ0) is 14.9. The highest BCUT2D eigenvalue weighted by atomic mass is 16.6. The van der Waals surface area contributed by atoms with Gasteiger partial charge < -0.3 is 14.8 Å². The summed E-state index contributed by atoms with van der Waals surface area (Å²) >= 11 is 0. The molecule has 2 aliphatic heterocycles. The molecule has 0 spiro atoms. The molecule has 0 radical (unpaired) electrons. The van der Waals surface area contributed by atoms with Crippen molar-refractivity contribution in [2.24, 2.45) is 0 Å². The van der Waals surface area contributed by atoms with E-state index in [9.17, 15) is 0 Å². The minimum Gasteiger partial charge on any atom is -0.486 e. The van der Waals surface area contributed by atoms with Crippen molar-refractivity contribution in [2.75, 3.05) is 19.8 Å². The number of nitrogens with one attached hydrogen (secondary N) is 1. The fourth-order valence-corrected chi connectivity index (χ4v) is 3.34. The Morgan fingerprint density at radius 2 is 1.77 bits per heavy atom. The Kier molecular flexibility index (Phi) is 3.51. The SMILES string of the molecule is CCc1ccc([C@H]2NCCc3cc4c(cc32)OCCO4)cc1. The van der Waals surface area contributed by atoms with E-state index in [0.717, 1.165) is 30.9 Å². The largest absolute Gasteiger partial charge is 0.486 e. The zero-order valence-corrected chi connectivity index (χ0v) is 12.9. The average Bonchev–Trinajstić information content (AvgIpc) is 2.59. The van der Waals surface area contributed by atoms with Gasteiger partial charge in [0.25, 0.3) is 0 Å². The van der Waals surface area contributed by atoms with Crippen LogP contribution in [0, 0.1) is 0 Å². The second kappa shape index (κ2) is 5.65. The summed E-state index contributed by atoms with van der Waals surface area (Å²) in [6.45, 7) is 4.46. The van der Waals surface area contributed by atoms with E-state index in [4.69, 9.17) is 9.47 Å². The van der Waals surface area contributed by atoms with Crippen molar-refractivity contribution in [3.8, 4) is 11.5 Å². The maximum absolute atomic E-state index is 5.76. The summed E-state index contributed by atoms with van der Waals surface area (Å²) < 4.78 is 11.5. The Morgan fingerprint density at radius 1 is 1.05 bits per heavy atom. The van der Waals surface area contributed by atoms with Crippen LogP contribution < -0.4 is 14.8 Å². The van der Waals surface area contributed by atoms with Crippen molar-refractivity contribution in [1.82, 2.24) is 5.32 Å². The first kappa shape index (κ1) is 13.6. The van der Waals surface area contributed by atoms with Gasteiger partial charge in [0.05, 0.1) is 6.04 Å². The Hall–Kier alpha value is -2.00. The quantitative estimate of drug-likeness (QED) is 0.922. The molecule has 22 heavy (non-hydrogen) atoms. The predicted octanol–water partition coefficient (Wildman–Crippen LogP) is 3.26. The lowest BCUT2D eigenvalue weighted by Crippen LogP contribution is -2.31. The third-order valence-corrected chi connectivity index (χ3v) is 4.58. The molecular weight excluding hydrogens is 274 g/mol. The number of benzene rings is 2. The smallest absolute Gasteiger partial charge is 0.161 e. The lowest BCUT2D eigenvalue weighted by Gasteiger charge is -2.30. The third kappa shape index (κ3) is 2.35. The number of aryl methyl sites for hydroxylation is 1. The fraction of sp³-hybridized carbons (Fsp3) is 0.368. The maximum atomic E-state index is 5.76. The summed E-state index contributed by atoms with van der Waals surface area (Å²) in [4.78, 5) is 0. The predicted molar refractivity (Wildman–Crippen MR) is 86.8 cm³/mol. The summed E-state index contributed by atoms with van der Waals surface area (Å²) in [5, 5.41) is 3.64. The van der Waals surface area contributed by atoms with E-state index in [1.807, 2.05) is 0 Å². The molecule has 2 aliphatic rings. The summed E-state index contributed by atoms with van der Waals surface area (Å²) in [6.07, 6.45) is 2.11. The van der Waals surface area contributed by atoms with Crippen molar-refractivity contribution in [3.05, 3.63) is 58.7 Å². The molecule has 0 saturated carbocycles. The lowest BCUT2D eigenvalue weighted by atomic mass is 9.89. The van der Waals surface area contributed by atoms with Crippen LogP contribution in [0.5, 0.6) is 11.5 Å². The van der Waals surface area contributed by atoms with Crippen molar-refractivity contribution < 1.29 is 9.47 Å². The molecule has 1 atom stereocenters. The highest BCUT2D eigenvalue weighted by Crippen LogP contribution is 2.38. The van der Waals surface area contributed by atoms with Crippen LogP contribution in [0.2, 0.25) is 0 Å². The van der Waals surface area contributed by atoms with E-state index in [-0.39, 0.29) is 6.04 Å². The number of hydrogen-bond acceptors (Lipinski definition) is 3. The van der Waals surface area contributed by atoms with E-state index in [2.05, 4.69) is 48.6 Å². The minimum absolute atomic E-state index is 0.241. The summed E-state index contributed by atoms with van der Waals surface area (Å²) in [7, 11) is 0. The third-order valence-electron chi connectivity index (χ3n) is 4.58. The van der Waals surface area contributed by atoms with E-state index < -0.39 is 0 Å². The highest BCUT2D eigenvalue weighted by Gasteiger charge is 2.25. The normalized spacial score (nSPS) is 19.6. The van der Waals surface area contributed by atoms with Gasteiger partial charge in [-0.3, -0.25) is 0 Å². The molecule has 0 aliphatic carbocycles. The van der Waals surface area contributed by atoms with Crippen molar-refractivity contribution >= 4 is 0 Å². The van der Waals surface area contributed by atoms with Crippen LogP contribution in [0.1, 0.15) is 35.2 Å². The monoisotopic (exact) mass is 295 g/mol. The van der Waals surface area contributed by atoms with Gasteiger partial charge in [0, 0.05) is 6.54 Å². The number of fused-ring (bicyclic) bond motifs is 2. The van der Waals surface area contributed by atoms with Gasteiger partial charge in [0.2, 0.25) is 0 Å². The van der Waals surface area contributed by atoms with Crippen molar-refractivity contribution in [2.45, 2.75) is 25.8 Å². The first-order valence-electron chi connectivity index (χ1n) is 8.10. The molecule has 4 rings (SSSR count). The van der Waals surface area contributed by atoms with Gasteiger partial charge in [0.1, 0.15) is 13.2 Å². The van der Waals surface area contributed by atoms with Crippen LogP contribution in [0.4, 0.5) is 0 Å². The number of rotatable bonds is 2. The summed E-state index contributed by atoms with van der Waals surface area (Å²) in [5.41, 5.74) is 5.38. The molecular formula is C19H21NO2. The molecule has 0 amide bonds. The van der Waals surface area contributed by atoms with Gasteiger partial charge in [0.15, 0.2) is 11.5 Å². The van der Waals surface area contributed by atoms with Crippen molar-refractivity contribution in [3.63, 3.8) is 0 Å². The Bertz CT molecular complexity index is 679. The number of hydrogen-bond donors (Lipinski definition) is 1. The molecule has 0 fully saturated rings. The Labute approximate surface area is 131 Å².